The second-order valence-corrected chi connectivity index (χ2v) is 3.85. The molecule has 0 aliphatic heterocycles. The van der Waals surface area contributed by atoms with Crippen LogP contribution in [0.25, 0.3) is 6.08 Å². The second-order valence-electron chi connectivity index (χ2n) is 3.85. The average molecular weight is 191 g/mol. The molecule has 0 saturated heterocycles. The van der Waals surface area contributed by atoms with Crippen molar-refractivity contribution in [1.82, 2.24) is 0 Å². The Labute approximate surface area is 83.4 Å². The van der Waals surface area contributed by atoms with Crippen molar-refractivity contribution in [1.29, 1.82) is 0 Å². The van der Waals surface area contributed by atoms with E-state index in [2.05, 4.69) is 6.08 Å². The van der Waals surface area contributed by atoms with Crippen molar-refractivity contribution in [2.75, 3.05) is 0 Å². The van der Waals surface area contributed by atoms with Crippen LogP contribution in [0.15, 0.2) is 23.8 Å². The molecule has 2 heteroatoms. The Morgan fingerprint density at radius 3 is 2.86 bits per heavy atom. The van der Waals surface area contributed by atoms with Crippen LogP contribution in [-0.4, -0.2) is 6.04 Å². The van der Waals surface area contributed by atoms with E-state index in [0.717, 1.165) is 24.0 Å². The molecule has 1 unspecified atom stereocenters. The van der Waals surface area contributed by atoms with Gasteiger partial charge >= 0.3 is 0 Å². The van der Waals surface area contributed by atoms with Crippen LogP contribution < -0.4 is 5.73 Å². The Morgan fingerprint density at radius 1 is 1.36 bits per heavy atom. The summed E-state index contributed by atoms with van der Waals surface area (Å²) in [6.45, 7) is 1.99. The molecule has 0 saturated carbocycles. The first-order valence-corrected chi connectivity index (χ1v) is 4.91. The van der Waals surface area contributed by atoms with Crippen LogP contribution in [0.5, 0.6) is 0 Å². The van der Waals surface area contributed by atoms with Crippen molar-refractivity contribution in [3.05, 3.63) is 40.7 Å². The Bertz CT molecular complexity index is 380. The molecule has 0 amide bonds. The molecule has 14 heavy (non-hydrogen) atoms. The average Bonchev–Trinajstić information content (AvgIpc) is 2.16. The van der Waals surface area contributed by atoms with E-state index in [-0.39, 0.29) is 11.9 Å². The van der Waals surface area contributed by atoms with Crippen LogP contribution in [0.4, 0.5) is 4.39 Å². The van der Waals surface area contributed by atoms with Gasteiger partial charge in [0.15, 0.2) is 0 Å². The smallest absolute Gasteiger partial charge is 0.123 e. The van der Waals surface area contributed by atoms with Gasteiger partial charge in [-0.15, -0.1) is 0 Å². The van der Waals surface area contributed by atoms with Gasteiger partial charge in [-0.05, 0) is 43.0 Å². The minimum Gasteiger partial charge on any atom is -0.324 e. The third kappa shape index (κ3) is 1.70. The second kappa shape index (κ2) is 3.54. The molecule has 0 aromatic heterocycles. The first kappa shape index (κ1) is 9.41. The zero-order chi connectivity index (χ0) is 10.1. The van der Waals surface area contributed by atoms with E-state index in [1.54, 1.807) is 6.07 Å². The zero-order valence-corrected chi connectivity index (χ0v) is 8.26. The summed E-state index contributed by atoms with van der Waals surface area (Å²) in [5.41, 5.74) is 9.27. The largest absolute Gasteiger partial charge is 0.324 e. The molecule has 1 aliphatic carbocycles. The van der Waals surface area contributed by atoms with Crippen LogP contribution in [0, 0.1) is 5.82 Å². The van der Waals surface area contributed by atoms with Crippen molar-refractivity contribution in [2.24, 2.45) is 5.73 Å². The van der Waals surface area contributed by atoms with Gasteiger partial charge < -0.3 is 5.73 Å². The van der Waals surface area contributed by atoms with Crippen LogP contribution in [0.1, 0.15) is 24.5 Å². The van der Waals surface area contributed by atoms with E-state index in [0.29, 0.717) is 0 Å². The van der Waals surface area contributed by atoms with Gasteiger partial charge in [0.05, 0.1) is 0 Å². The number of hydrogen-bond acceptors (Lipinski definition) is 1. The molecule has 0 fully saturated rings. The van der Waals surface area contributed by atoms with Gasteiger partial charge in [-0.1, -0.05) is 17.7 Å². The van der Waals surface area contributed by atoms with Crippen molar-refractivity contribution in [3.63, 3.8) is 0 Å². The Kier molecular flexibility index (Phi) is 2.38. The number of benzene rings is 1. The van der Waals surface area contributed by atoms with Gasteiger partial charge in [0, 0.05) is 6.04 Å². The lowest BCUT2D eigenvalue weighted by Gasteiger charge is -2.18. The first-order chi connectivity index (χ1) is 6.66. The quantitative estimate of drug-likeness (QED) is 0.725. The molecule has 1 aromatic carbocycles. The van der Waals surface area contributed by atoms with E-state index in [4.69, 9.17) is 5.73 Å². The number of aryl methyl sites for hydroxylation is 1. The van der Waals surface area contributed by atoms with Crippen molar-refractivity contribution in [2.45, 2.75) is 25.8 Å². The van der Waals surface area contributed by atoms with Gasteiger partial charge in [-0.3, -0.25) is 0 Å². The van der Waals surface area contributed by atoms with Gasteiger partial charge in [-0.25, -0.2) is 4.39 Å². The minimum absolute atomic E-state index is 0.105. The lowest BCUT2D eigenvalue weighted by atomic mass is 9.89. The predicted molar refractivity (Wildman–Crippen MR) is 56.3 cm³/mol. The van der Waals surface area contributed by atoms with Crippen LogP contribution in [0.3, 0.4) is 0 Å². The topological polar surface area (TPSA) is 26.0 Å². The van der Waals surface area contributed by atoms with E-state index in [9.17, 15) is 4.39 Å². The monoisotopic (exact) mass is 191 g/mol. The summed E-state index contributed by atoms with van der Waals surface area (Å²) in [4.78, 5) is 0. The fourth-order valence-corrected chi connectivity index (χ4v) is 1.84. The molecular formula is C12H14FN. The summed E-state index contributed by atoms with van der Waals surface area (Å²) >= 11 is 0. The predicted octanol–water partition coefficient (Wildman–Crippen LogP) is 2.50. The number of halogens is 1. The highest BCUT2D eigenvalue weighted by Crippen LogP contribution is 2.25. The molecule has 2 rings (SSSR count). The Morgan fingerprint density at radius 2 is 2.14 bits per heavy atom. The van der Waals surface area contributed by atoms with Crippen LogP contribution >= 0.6 is 0 Å². The molecule has 1 aromatic rings. The summed E-state index contributed by atoms with van der Waals surface area (Å²) in [7, 11) is 0. The summed E-state index contributed by atoms with van der Waals surface area (Å²) < 4.78 is 12.9. The molecule has 74 valence electrons. The highest BCUT2D eigenvalue weighted by Gasteiger charge is 2.12. The SMILES string of the molecule is CC(N)C1=Cc2ccc(F)cc2CC1. The van der Waals surface area contributed by atoms with Crippen molar-refractivity contribution >= 4 is 6.08 Å². The molecule has 0 heterocycles. The molecule has 0 bridgehead atoms. The molecule has 2 N–H and O–H groups in total. The van der Waals surface area contributed by atoms with Gasteiger partial charge in [0.25, 0.3) is 0 Å². The molecule has 1 nitrogen and oxygen atoms in total. The zero-order valence-electron chi connectivity index (χ0n) is 8.26. The molecule has 0 spiro atoms. The van der Waals surface area contributed by atoms with Gasteiger partial charge in [-0.2, -0.15) is 0 Å². The van der Waals surface area contributed by atoms with Crippen LogP contribution in [0.2, 0.25) is 0 Å². The van der Waals surface area contributed by atoms with E-state index >= 15 is 0 Å². The van der Waals surface area contributed by atoms with Crippen LogP contribution in [-0.2, 0) is 6.42 Å². The fourth-order valence-electron chi connectivity index (χ4n) is 1.84. The summed E-state index contributed by atoms with van der Waals surface area (Å²) in [5.74, 6) is -0.151. The number of hydrogen-bond donors (Lipinski definition) is 1. The number of nitrogens with two attached hydrogens (primary N) is 1. The van der Waals surface area contributed by atoms with Crippen molar-refractivity contribution in [3.8, 4) is 0 Å². The maximum absolute atomic E-state index is 12.9. The molecule has 1 aliphatic rings. The standard InChI is InChI=1S/C12H14FN/c1-8(14)9-2-3-11-7-12(13)5-4-10(11)6-9/h4-8H,2-3,14H2,1H3. The van der Waals surface area contributed by atoms with E-state index in [1.165, 1.54) is 11.6 Å². The van der Waals surface area contributed by atoms with Crippen molar-refractivity contribution < 1.29 is 4.39 Å². The summed E-state index contributed by atoms with van der Waals surface area (Å²) in [6.07, 6.45) is 3.94. The van der Waals surface area contributed by atoms with E-state index in [1.807, 2.05) is 13.0 Å². The Hall–Kier alpha value is -1.15. The maximum Gasteiger partial charge on any atom is 0.123 e. The third-order valence-electron chi connectivity index (χ3n) is 2.71. The van der Waals surface area contributed by atoms with Gasteiger partial charge in [0.2, 0.25) is 0 Å². The number of fused-ring (bicyclic) bond motifs is 1. The highest BCUT2D eigenvalue weighted by atomic mass is 19.1. The molecular weight excluding hydrogens is 177 g/mol. The minimum atomic E-state index is -0.151. The molecule has 0 radical (unpaired) electrons. The lowest BCUT2D eigenvalue weighted by Crippen LogP contribution is -2.20. The summed E-state index contributed by atoms with van der Waals surface area (Å²) in [6, 6.07) is 5.04. The fraction of sp³-hybridized carbons (Fsp3) is 0.333. The summed E-state index contributed by atoms with van der Waals surface area (Å²) in [5, 5.41) is 0. The first-order valence-electron chi connectivity index (χ1n) is 4.91. The highest BCUT2D eigenvalue weighted by molar-refractivity contribution is 5.60. The maximum atomic E-state index is 12.9. The van der Waals surface area contributed by atoms with Gasteiger partial charge in [0.1, 0.15) is 5.82 Å². The normalized spacial score (nSPS) is 17.2. The number of rotatable bonds is 1. The lowest BCUT2D eigenvalue weighted by molar-refractivity contribution is 0.624. The Balaban J connectivity index is 2.40. The molecule has 1 atom stereocenters. The third-order valence-corrected chi connectivity index (χ3v) is 2.71. The van der Waals surface area contributed by atoms with E-state index < -0.39 is 0 Å².